The summed E-state index contributed by atoms with van der Waals surface area (Å²) in [5.74, 6) is 1.07. The van der Waals surface area contributed by atoms with Gasteiger partial charge in [0.1, 0.15) is 5.76 Å². The maximum Gasteiger partial charge on any atom is 0.105 e. The SMILES string of the molecule is CC(Cc1ccco1)N1CCNC(C)(c2ccccc2)C1. The molecule has 2 heterocycles. The average Bonchev–Trinajstić information content (AvgIpc) is 3.01. The van der Waals surface area contributed by atoms with Crippen molar-refractivity contribution in [3.8, 4) is 0 Å². The first-order chi connectivity index (χ1) is 10.2. The molecule has 0 amide bonds. The minimum atomic E-state index is 0.0247. The van der Waals surface area contributed by atoms with E-state index in [0.717, 1.165) is 31.8 Å². The van der Waals surface area contributed by atoms with Crippen LogP contribution < -0.4 is 5.32 Å². The van der Waals surface area contributed by atoms with E-state index in [1.54, 1.807) is 6.26 Å². The van der Waals surface area contributed by atoms with Gasteiger partial charge >= 0.3 is 0 Å². The molecule has 21 heavy (non-hydrogen) atoms. The quantitative estimate of drug-likeness (QED) is 0.935. The second kappa shape index (κ2) is 6.04. The van der Waals surface area contributed by atoms with Crippen LogP contribution in [0.2, 0.25) is 0 Å². The molecule has 0 radical (unpaired) electrons. The topological polar surface area (TPSA) is 28.4 Å². The molecule has 3 nitrogen and oxygen atoms in total. The normalized spacial score (nSPS) is 24.9. The Morgan fingerprint density at radius 3 is 2.76 bits per heavy atom. The van der Waals surface area contributed by atoms with Crippen LogP contribution in [0.15, 0.2) is 53.1 Å². The van der Waals surface area contributed by atoms with Gasteiger partial charge in [0.2, 0.25) is 0 Å². The van der Waals surface area contributed by atoms with Crippen LogP contribution in [-0.4, -0.2) is 30.6 Å². The molecule has 1 saturated heterocycles. The molecule has 1 aromatic carbocycles. The van der Waals surface area contributed by atoms with Crippen molar-refractivity contribution in [3.63, 3.8) is 0 Å². The largest absolute Gasteiger partial charge is 0.469 e. The van der Waals surface area contributed by atoms with E-state index in [1.165, 1.54) is 5.56 Å². The third-order valence-electron chi connectivity index (χ3n) is 4.54. The monoisotopic (exact) mass is 284 g/mol. The van der Waals surface area contributed by atoms with Gasteiger partial charge < -0.3 is 9.73 Å². The molecule has 0 spiro atoms. The van der Waals surface area contributed by atoms with E-state index in [-0.39, 0.29) is 5.54 Å². The standard InChI is InChI=1S/C18H24N2O/c1-15(13-17-9-6-12-21-17)20-11-10-19-18(2,14-20)16-7-4-3-5-8-16/h3-9,12,15,19H,10-11,13-14H2,1-2H3. The number of hydrogen-bond acceptors (Lipinski definition) is 3. The Morgan fingerprint density at radius 1 is 1.24 bits per heavy atom. The maximum absolute atomic E-state index is 5.49. The van der Waals surface area contributed by atoms with E-state index < -0.39 is 0 Å². The van der Waals surface area contributed by atoms with E-state index in [0.29, 0.717) is 6.04 Å². The summed E-state index contributed by atoms with van der Waals surface area (Å²) in [6.07, 6.45) is 2.73. The van der Waals surface area contributed by atoms with Crippen LogP contribution in [0.25, 0.3) is 0 Å². The van der Waals surface area contributed by atoms with Crippen molar-refractivity contribution >= 4 is 0 Å². The number of rotatable bonds is 4. The fourth-order valence-corrected chi connectivity index (χ4v) is 3.24. The zero-order valence-corrected chi connectivity index (χ0v) is 12.9. The molecule has 0 saturated carbocycles. The zero-order valence-electron chi connectivity index (χ0n) is 12.9. The van der Waals surface area contributed by atoms with Crippen molar-refractivity contribution in [2.24, 2.45) is 0 Å². The molecule has 0 bridgehead atoms. The molecule has 0 aliphatic carbocycles. The van der Waals surface area contributed by atoms with E-state index in [9.17, 15) is 0 Å². The van der Waals surface area contributed by atoms with Crippen LogP contribution in [0.5, 0.6) is 0 Å². The van der Waals surface area contributed by atoms with Gasteiger partial charge in [0.15, 0.2) is 0 Å². The molecular formula is C18H24N2O. The van der Waals surface area contributed by atoms with Gasteiger partial charge in [-0.25, -0.2) is 0 Å². The van der Waals surface area contributed by atoms with Crippen molar-refractivity contribution in [2.45, 2.75) is 31.8 Å². The third-order valence-corrected chi connectivity index (χ3v) is 4.54. The second-order valence-corrected chi connectivity index (χ2v) is 6.23. The Balaban J connectivity index is 1.70. The predicted molar refractivity (Wildman–Crippen MR) is 85.2 cm³/mol. The van der Waals surface area contributed by atoms with Crippen LogP contribution >= 0.6 is 0 Å². The molecule has 1 aromatic heterocycles. The van der Waals surface area contributed by atoms with Gasteiger partial charge in [-0.2, -0.15) is 0 Å². The number of piperazine rings is 1. The van der Waals surface area contributed by atoms with Gasteiger partial charge in [0.25, 0.3) is 0 Å². The molecule has 2 atom stereocenters. The number of nitrogens with zero attached hydrogens (tertiary/aromatic N) is 1. The van der Waals surface area contributed by atoms with Gasteiger partial charge in [0, 0.05) is 32.1 Å². The Labute approximate surface area is 127 Å². The molecule has 1 aliphatic heterocycles. The van der Waals surface area contributed by atoms with Crippen molar-refractivity contribution in [1.82, 2.24) is 10.2 Å². The number of furan rings is 1. The van der Waals surface area contributed by atoms with Crippen molar-refractivity contribution in [1.29, 1.82) is 0 Å². The minimum absolute atomic E-state index is 0.0247. The lowest BCUT2D eigenvalue weighted by Gasteiger charge is -2.44. The van der Waals surface area contributed by atoms with E-state index in [4.69, 9.17) is 4.42 Å². The summed E-state index contributed by atoms with van der Waals surface area (Å²) in [6.45, 7) is 7.73. The van der Waals surface area contributed by atoms with Crippen molar-refractivity contribution in [3.05, 3.63) is 60.1 Å². The molecule has 2 unspecified atom stereocenters. The maximum atomic E-state index is 5.49. The summed E-state index contributed by atoms with van der Waals surface area (Å²) in [6, 6.07) is 15.3. The minimum Gasteiger partial charge on any atom is -0.469 e. The lowest BCUT2D eigenvalue weighted by molar-refractivity contribution is 0.104. The lowest BCUT2D eigenvalue weighted by atomic mass is 9.89. The molecule has 3 rings (SSSR count). The fourth-order valence-electron chi connectivity index (χ4n) is 3.24. The molecule has 3 heteroatoms. The van der Waals surface area contributed by atoms with Gasteiger partial charge in [-0.15, -0.1) is 0 Å². The average molecular weight is 284 g/mol. The molecule has 1 N–H and O–H groups in total. The van der Waals surface area contributed by atoms with Gasteiger partial charge in [-0.1, -0.05) is 30.3 Å². The predicted octanol–water partition coefficient (Wildman–Crippen LogP) is 3.03. The molecular weight excluding hydrogens is 260 g/mol. The Kier molecular flexibility index (Phi) is 4.13. The van der Waals surface area contributed by atoms with Gasteiger partial charge in [-0.05, 0) is 31.5 Å². The number of benzene rings is 1. The van der Waals surface area contributed by atoms with Crippen LogP contribution in [0.3, 0.4) is 0 Å². The van der Waals surface area contributed by atoms with Crippen molar-refractivity contribution < 1.29 is 4.42 Å². The molecule has 112 valence electrons. The molecule has 1 fully saturated rings. The van der Waals surface area contributed by atoms with E-state index in [1.807, 2.05) is 6.07 Å². The zero-order chi connectivity index (χ0) is 14.7. The Hall–Kier alpha value is -1.58. The first kappa shape index (κ1) is 14.4. The summed E-state index contributed by atoms with van der Waals surface area (Å²) in [5, 5.41) is 3.69. The molecule has 1 aliphatic rings. The van der Waals surface area contributed by atoms with Crippen LogP contribution in [-0.2, 0) is 12.0 Å². The first-order valence-corrected chi connectivity index (χ1v) is 7.74. The number of hydrogen-bond donors (Lipinski definition) is 1. The Morgan fingerprint density at radius 2 is 2.05 bits per heavy atom. The highest BCUT2D eigenvalue weighted by molar-refractivity contribution is 5.25. The summed E-state index contributed by atoms with van der Waals surface area (Å²) < 4.78 is 5.49. The van der Waals surface area contributed by atoms with Gasteiger partial charge in [0.05, 0.1) is 11.8 Å². The highest BCUT2D eigenvalue weighted by atomic mass is 16.3. The summed E-state index contributed by atoms with van der Waals surface area (Å²) >= 11 is 0. The second-order valence-electron chi connectivity index (χ2n) is 6.23. The van der Waals surface area contributed by atoms with Crippen LogP contribution in [0, 0.1) is 0 Å². The number of nitrogens with one attached hydrogen (secondary N) is 1. The first-order valence-electron chi connectivity index (χ1n) is 7.74. The lowest BCUT2D eigenvalue weighted by Crippen LogP contribution is -2.58. The van der Waals surface area contributed by atoms with Crippen LogP contribution in [0.1, 0.15) is 25.2 Å². The van der Waals surface area contributed by atoms with E-state index >= 15 is 0 Å². The van der Waals surface area contributed by atoms with E-state index in [2.05, 4.69) is 60.5 Å². The van der Waals surface area contributed by atoms with Crippen LogP contribution in [0.4, 0.5) is 0 Å². The fraction of sp³-hybridized carbons (Fsp3) is 0.444. The highest BCUT2D eigenvalue weighted by Crippen LogP contribution is 2.26. The summed E-state index contributed by atoms with van der Waals surface area (Å²) in [5.41, 5.74) is 1.39. The van der Waals surface area contributed by atoms with Crippen molar-refractivity contribution in [2.75, 3.05) is 19.6 Å². The summed E-state index contributed by atoms with van der Waals surface area (Å²) in [7, 11) is 0. The Bertz CT molecular complexity index is 552. The summed E-state index contributed by atoms with van der Waals surface area (Å²) in [4.78, 5) is 2.56. The third kappa shape index (κ3) is 3.20. The smallest absolute Gasteiger partial charge is 0.105 e. The van der Waals surface area contributed by atoms with Gasteiger partial charge in [-0.3, -0.25) is 4.90 Å². The highest BCUT2D eigenvalue weighted by Gasteiger charge is 2.33. The molecule has 2 aromatic rings.